The van der Waals surface area contributed by atoms with Crippen molar-refractivity contribution in [3.8, 4) is 0 Å². The summed E-state index contributed by atoms with van der Waals surface area (Å²) in [5.74, 6) is -6.21. The maximum atomic E-state index is 12.6. The lowest BCUT2D eigenvalue weighted by Gasteiger charge is -2.48. The zero-order valence-corrected chi connectivity index (χ0v) is 33.6. The molecule has 0 saturated carbocycles. The third kappa shape index (κ3) is 13.7. The van der Waals surface area contributed by atoms with Gasteiger partial charge in [0.2, 0.25) is 17.7 Å². The van der Waals surface area contributed by atoms with Gasteiger partial charge in [-0.25, -0.2) is 4.79 Å². The van der Waals surface area contributed by atoms with Gasteiger partial charge < -0.3 is 95.4 Å². The summed E-state index contributed by atoms with van der Waals surface area (Å²) in [6.07, 6.45) is -21.7. The maximum Gasteiger partial charge on any atom is 0.364 e. The molecule has 60 heavy (non-hydrogen) atoms. The highest BCUT2D eigenvalue weighted by Gasteiger charge is 2.57. The molecule has 3 aliphatic heterocycles. The third-order valence-corrected chi connectivity index (χ3v) is 10.4. The number of ketones is 1. The molecular weight excluding hydrogens is 810 g/mol. The molecule has 24 heteroatoms. The number of nitrogens with one attached hydrogen (secondary N) is 3. The average Bonchev–Trinajstić information content (AvgIpc) is 3.20. The minimum atomic E-state index is -2.87. The summed E-state index contributed by atoms with van der Waals surface area (Å²) in [5.41, 5.74) is 0. The minimum Gasteiger partial charge on any atom is -0.477 e. The van der Waals surface area contributed by atoms with E-state index in [4.69, 9.17) is 28.4 Å². The van der Waals surface area contributed by atoms with Crippen LogP contribution in [0.5, 0.6) is 0 Å². The molecule has 0 spiro atoms. The summed E-state index contributed by atoms with van der Waals surface area (Å²) in [6, 6.07) is -2.85. The second-order valence-electron chi connectivity index (χ2n) is 15.0. The van der Waals surface area contributed by atoms with Gasteiger partial charge in [0, 0.05) is 53.2 Å². The van der Waals surface area contributed by atoms with Gasteiger partial charge in [-0.3, -0.25) is 19.2 Å². The fourth-order valence-corrected chi connectivity index (χ4v) is 7.06. The Morgan fingerprint density at radius 1 is 0.783 bits per heavy atom. The van der Waals surface area contributed by atoms with Crippen LogP contribution in [0, 0.1) is 0 Å². The van der Waals surface area contributed by atoms with Gasteiger partial charge in [-0.2, -0.15) is 0 Å². The largest absolute Gasteiger partial charge is 0.477 e. The Bertz CT molecular complexity index is 1410. The molecule has 3 saturated heterocycles. The molecule has 3 heterocycles. The first-order valence-electron chi connectivity index (χ1n) is 19.7. The topological polar surface area (TPSA) is 379 Å². The first-order chi connectivity index (χ1) is 28.3. The first-order valence-corrected chi connectivity index (χ1v) is 19.7. The van der Waals surface area contributed by atoms with Crippen LogP contribution in [0.25, 0.3) is 0 Å². The summed E-state index contributed by atoms with van der Waals surface area (Å²) in [5, 5.41) is 113. The van der Waals surface area contributed by atoms with Crippen molar-refractivity contribution in [2.45, 2.75) is 163 Å². The molecule has 0 aliphatic carbocycles. The highest BCUT2D eigenvalue weighted by Crippen LogP contribution is 2.35. The molecule has 24 nitrogen and oxygen atoms in total. The van der Waals surface area contributed by atoms with Crippen LogP contribution < -0.4 is 16.0 Å². The van der Waals surface area contributed by atoms with Gasteiger partial charge in [-0.05, 0) is 25.7 Å². The first kappa shape index (κ1) is 51.3. The van der Waals surface area contributed by atoms with E-state index >= 15 is 0 Å². The number of carboxylic acid groups (broad SMARTS) is 1. The Kier molecular flexibility index (Phi) is 20.5. The van der Waals surface area contributed by atoms with Crippen LogP contribution in [0.15, 0.2) is 0 Å². The highest BCUT2D eigenvalue weighted by molar-refractivity contribution is 5.79. The predicted octanol–water partition coefficient (Wildman–Crippen LogP) is -6.01. The van der Waals surface area contributed by atoms with Crippen molar-refractivity contribution in [1.82, 2.24) is 16.0 Å². The second-order valence-corrected chi connectivity index (χ2v) is 15.0. The van der Waals surface area contributed by atoms with Crippen LogP contribution in [0.2, 0.25) is 0 Å². The van der Waals surface area contributed by atoms with E-state index in [1.165, 1.54) is 7.05 Å². The van der Waals surface area contributed by atoms with Gasteiger partial charge in [0.25, 0.3) is 5.79 Å². The van der Waals surface area contributed by atoms with E-state index in [1.54, 1.807) is 0 Å². The molecule has 13 N–H and O–H groups in total. The second kappa shape index (κ2) is 24.0. The summed E-state index contributed by atoms with van der Waals surface area (Å²) >= 11 is 0. The number of aliphatic hydroxyl groups is 9. The van der Waals surface area contributed by atoms with Gasteiger partial charge in [0.1, 0.15) is 72.9 Å². The Balaban J connectivity index is 1.70. The van der Waals surface area contributed by atoms with Crippen molar-refractivity contribution >= 4 is 29.5 Å². The van der Waals surface area contributed by atoms with Gasteiger partial charge in [-0.15, -0.1) is 0 Å². The van der Waals surface area contributed by atoms with Gasteiger partial charge in [0.15, 0.2) is 12.6 Å². The number of hydrogen-bond acceptors (Lipinski definition) is 20. The Hall–Kier alpha value is -3.05. The molecule has 3 fully saturated rings. The lowest BCUT2D eigenvalue weighted by molar-refractivity contribution is -0.360. The summed E-state index contributed by atoms with van der Waals surface area (Å²) < 4.78 is 34.2. The number of aliphatic carboxylic acids is 1. The number of aliphatic hydroxyl groups excluding tert-OH is 9. The number of carboxylic acids is 1. The van der Waals surface area contributed by atoms with E-state index in [2.05, 4.69) is 16.0 Å². The van der Waals surface area contributed by atoms with Crippen molar-refractivity contribution < 1.29 is 103 Å². The minimum absolute atomic E-state index is 0.00546. The Morgan fingerprint density at radius 3 is 1.97 bits per heavy atom. The number of rotatable bonds is 23. The molecule has 0 aromatic rings. The molecule has 7 unspecified atom stereocenters. The fraction of sp³-hybridized carbons (Fsp3) is 0.861. The zero-order chi connectivity index (χ0) is 44.9. The van der Waals surface area contributed by atoms with Crippen molar-refractivity contribution in [2.75, 3.05) is 33.5 Å². The number of carbonyl (C=O) groups excluding carboxylic acids is 4. The van der Waals surface area contributed by atoms with Crippen LogP contribution in [0.3, 0.4) is 0 Å². The molecule has 3 amide bonds. The van der Waals surface area contributed by atoms with Gasteiger partial charge in [-0.1, -0.05) is 0 Å². The number of amides is 3. The molecule has 0 aromatic carbocycles. The normalized spacial score (nSPS) is 35.5. The lowest BCUT2D eigenvalue weighted by Crippen LogP contribution is -2.69. The van der Waals surface area contributed by atoms with E-state index in [-0.39, 0.29) is 24.7 Å². The van der Waals surface area contributed by atoms with E-state index < -0.39 is 142 Å². The van der Waals surface area contributed by atoms with E-state index in [9.17, 15) is 75.0 Å². The molecular formula is C36H61N3O21. The molecule has 0 radical (unpaired) electrons. The number of ether oxygens (including phenoxy) is 6. The fourth-order valence-electron chi connectivity index (χ4n) is 7.06. The molecule has 16 atom stereocenters. The Labute approximate surface area is 345 Å². The quantitative estimate of drug-likeness (QED) is 0.0425. The van der Waals surface area contributed by atoms with E-state index in [1.807, 2.05) is 0 Å². The van der Waals surface area contributed by atoms with Gasteiger partial charge in [0.05, 0.1) is 32.0 Å². The predicted molar refractivity (Wildman–Crippen MR) is 197 cm³/mol. The van der Waals surface area contributed by atoms with Crippen molar-refractivity contribution in [3.63, 3.8) is 0 Å². The van der Waals surface area contributed by atoms with Crippen LogP contribution in [0.1, 0.15) is 65.2 Å². The standard InChI is InChI=1S/C36H61N3O21/c1-16(42)38-24-19(45)12-36(35(53)54,60-32(24)26(48)20(46)13-40)56-15-22-27(49)29(51)30(52)34(58-22)59-31-21(14-41)57-33(25(28(31)50)39-17(2)43)55-11-7-6-9-18(44)8-4-5-10-23(47)37-3/h19-22,24-34,40-41,45-46,48-52H,4-15H2,1-3H3,(H,37,47)(H,38,42)(H,39,43)(H,53,54)/t19-,20?,21?,22?,24-,25+,26?,27+,28?,29?,30+,31-,32?,33-,34+,36-/m1/s1. The zero-order valence-electron chi connectivity index (χ0n) is 33.6. The number of unbranched alkanes of at least 4 members (excludes halogenated alkanes) is 2. The molecule has 346 valence electrons. The molecule has 0 bridgehead atoms. The number of Topliss-reactive ketones (excluding diaryl/α,β-unsaturated/α-hetero) is 1. The maximum absolute atomic E-state index is 12.6. The number of carbonyl (C=O) groups is 5. The van der Waals surface area contributed by atoms with Crippen molar-refractivity contribution in [2.24, 2.45) is 0 Å². The SMILES string of the molecule is CNC(=O)CCCCC(=O)CCCCO[C@@H]1OC(CO)[C@@H](O[C@@H]2OC(CO[C@]3(C(=O)O)C[C@@H](O)[C@@H](NC(C)=O)C(C(O)C(O)CO)O3)[C@H](O)C(O)[C@@H]2O)C(O)[C@@H]1NC(C)=O. The van der Waals surface area contributed by atoms with E-state index in [0.717, 1.165) is 13.8 Å². The summed E-state index contributed by atoms with van der Waals surface area (Å²) in [4.78, 5) is 60.2. The Morgan fingerprint density at radius 2 is 1.38 bits per heavy atom. The van der Waals surface area contributed by atoms with Crippen molar-refractivity contribution in [3.05, 3.63) is 0 Å². The summed E-state index contributed by atoms with van der Waals surface area (Å²) in [6.45, 7) is -0.627. The van der Waals surface area contributed by atoms with Gasteiger partial charge >= 0.3 is 5.97 Å². The molecule has 3 rings (SSSR count). The smallest absolute Gasteiger partial charge is 0.364 e. The van der Waals surface area contributed by atoms with Crippen molar-refractivity contribution in [1.29, 1.82) is 0 Å². The van der Waals surface area contributed by atoms with E-state index in [0.29, 0.717) is 38.5 Å². The van der Waals surface area contributed by atoms with Crippen LogP contribution >= 0.6 is 0 Å². The highest BCUT2D eigenvalue weighted by atomic mass is 16.8. The number of hydrogen-bond donors (Lipinski definition) is 13. The average molecular weight is 872 g/mol. The lowest BCUT2D eigenvalue weighted by atomic mass is 9.88. The summed E-state index contributed by atoms with van der Waals surface area (Å²) in [7, 11) is 1.53. The van der Waals surface area contributed by atoms with Crippen LogP contribution in [0.4, 0.5) is 0 Å². The monoisotopic (exact) mass is 871 g/mol. The van der Waals surface area contributed by atoms with Crippen LogP contribution in [-0.4, -0.2) is 212 Å². The molecule has 0 aromatic heterocycles. The third-order valence-electron chi connectivity index (χ3n) is 10.4. The van der Waals surface area contributed by atoms with Crippen LogP contribution in [-0.2, 0) is 52.4 Å². The molecule has 3 aliphatic rings.